The van der Waals surface area contributed by atoms with Crippen LogP contribution in [0, 0.1) is 20.8 Å². The molecular weight excluding hydrogens is 330 g/mol. The normalized spacial score (nSPS) is 17.4. The summed E-state index contributed by atoms with van der Waals surface area (Å²) in [5, 5.41) is 0.984. The van der Waals surface area contributed by atoms with Crippen LogP contribution in [-0.4, -0.2) is 26.7 Å². The molecule has 0 radical (unpaired) electrons. The van der Waals surface area contributed by atoms with Gasteiger partial charge in [0.25, 0.3) is 5.91 Å². The minimum Gasteiger partial charge on any atom is -0.332 e. The van der Waals surface area contributed by atoms with Gasteiger partial charge in [-0.05, 0) is 56.8 Å². The first-order valence-electron chi connectivity index (χ1n) is 8.64. The second kappa shape index (κ2) is 6.23. The van der Waals surface area contributed by atoms with Crippen molar-refractivity contribution in [3.63, 3.8) is 0 Å². The monoisotopic (exact) mass is 351 g/mol. The maximum Gasteiger partial charge on any atom is 0.255 e. The van der Waals surface area contributed by atoms with Crippen molar-refractivity contribution in [3.8, 4) is 0 Å². The van der Waals surface area contributed by atoms with Crippen molar-refractivity contribution in [2.45, 2.75) is 39.7 Å². The van der Waals surface area contributed by atoms with Crippen LogP contribution < -0.4 is 0 Å². The molecule has 0 N–H and O–H groups in total. The third kappa shape index (κ3) is 2.93. The van der Waals surface area contributed by atoms with Crippen LogP contribution in [0.5, 0.6) is 0 Å². The molecule has 1 aromatic carbocycles. The Balaban J connectivity index is 1.68. The van der Waals surface area contributed by atoms with E-state index in [2.05, 4.69) is 41.4 Å². The molecule has 0 spiro atoms. The molecule has 4 nitrogen and oxygen atoms in total. The summed E-state index contributed by atoms with van der Waals surface area (Å²) in [7, 11) is 0. The van der Waals surface area contributed by atoms with E-state index in [1.807, 2.05) is 17.9 Å². The molecule has 3 aromatic rings. The molecule has 1 unspecified atom stereocenters. The van der Waals surface area contributed by atoms with Crippen molar-refractivity contribution in [1.29, 1.82) is 0 Å². The summed E-state index contributed by atoms with van der Waals surface area (Å²) >= 11 is 1.38. The lowest BCUT2D eigenvalue weighted by Gasteiger charge is -2.26. The number of hydrogen-bond donors (Lipinski definition) is 0. The number of carbonyl (C=O) groups is 1. The number of likely N-dealkylation sites (tertiary alicyclic amines) is 1. The van der Waals surface area contributed by atoms with E-state index >= 15 is 0 Å². The van der Waals surface area contributed by atoms with E-state index in [0.717, 1.165) is 35.3 Å². The molecule has 128 valence electrons. The Morgan fingerprint density at radius 3 is 2.68 bits per heavy atom. The Kier molecular flexibility index (Phi) is 4.04. The highest BCUT2D eigenvalue weighted by molar-refractivity contribution is 7.12. The minimum atomic E-state index is 0.0710. The van der Waals surface area contributed by atoms with E-state index in [0.29, 0.717) is 5.56 Å². The van der Waals surface area contributed by atoms with Gasteiger partial charge in [-0.3, -0.25) is 4.79 Å². The van der Waals surface area contributed by atoms with Crippen molar-refractivity contribution in [2.75, 3.05) is 6.54 Å². The number of rotatable bonds is 2. The van der Waals surface area contributed by atoms with E-state index in [9.17, 15) is 4.79 Å². The van der Waals surface area contributed by atoms with E-state index in [4.69, 9.17) is 0 Å². The van der Waals surface area contributed by atoms with Gasteiger partial charge in [0.2, 0.25) is 0 Å². The average Bonchev–Trinajstić information content (AvgIpc) is 3.20. The van der Waals surface area contributed by atoms with Crippen LogP contribution in [0.1, 0.15) is 51.6 Å². The molecular formula is C20H21N3OS. The van der Waals surface area contributed by atoms with Gasteiger partial charge in [-0.1, -0.05) is 29.3 Å². The van der Waals surface area contributed by atoms with Gasteiger partial charge >= 0.3 is 0 Å². The molecule has 25 heavy (non-hydrogen) atoms. The fraction of sp³-hybridized carbons (Fsp3) is 0.350. The molecule has 2 aromatic heterocycles. The molecule has 1 saturated heterocycles. The number of nitrogens with zero attached hydrogens (tertiary/aromatic N) is 3. The Labute approximate surface area is 151 Å². The standard InChI is InChI=1S/C20H21N3OS/c1-12-7-13(2)9-15(8-12)18-5-4-6-23(18)20(24)16-10-17-14(3)22-25-19(17)21-11-16/h7-11,18H,4-6H2,1-3H3. The van der Waals surface area contributed by atoms with Gasteiger partial charge in [0, 0.05) is 18.1 Å². The first kappa shape index (κ1) is 16.2. The van der Waals surface area contributed by atoms with Crippen LogP contribution in [0.2, 0.25) is 0 Å². The van der Waals surface area contributed by atoms with Crippen molar-refractivity contribution in [2.24, 2.45) is 0 Å². The predicted molar refractivity (Wildman–Crippen MR) is 101 cm³/mol. The second-order valence-corrected chi connectivity index (χ2v) is 7.67. The third-order valence-corrected chi connectivity index (χ3v) is 5.76. The lowest BCUT2D eigenvalue weighted by atomic mass is 9.99. The zero-order valence-corrected chi connectivity index (χ0v) is 15.6. The fourth-order valence-corrected chi connectivity index (χ4v) is 4.51. The largest absolute Gasteiger partial charge is 0.332 e. The average molecular weight is 351 g/mol. The van der Waals surface area contributed by atoms with Crippen LogP contribution in [0.3, 0.4) is 0 Å². The molecule has 1 aliphatic heterocycles. The molecule has 4 rings (SSSR count). The number of fused-ring (bicyclic) bond motifs is 1. The van der Waals surface area contributed by atoms with Gasteiger partial charge in [0.1, 0.15) is 4.83 Å². The van der Waals surface area contributed by atoms with Crippen LogP contribution in [-0.2, 0) is 0 Å². The minimum absolute atomic E-state index is 0.0710. The highest BCUT2D eigenvalue weighted by atomic mass is 32.1. The molecule has 1 amide bonds. The number of benzene rings is 1. The molecule has 5 heteroatoms. The topological polar surface area (TPSA) is 46.1 Å². The van der Waals surface area contributed by atoms with Crippen molar-refractivity contribution in [1.82, 2.24) is 14.3 Å². The highest BCUT2D eigenvalue weighted by Crippen LogP contribution is 2.34. The molecule has 1 aliphatic rings. The first-order chi connectivity index (χ1) is 12.0. The van der Waals surface area contributed by atoms with E-state index < -0.39 is 0 Å². The maximum absolute atomic E-state index is 13.1. The molecule has 1 atom stereocenters. The van der Waals surface area contributed by atoms with Gasteiger partial charge < -0.3 is 4.90 Å². The summed E-state index contributed by atoms with van der Waals surface area (Å²) in [6.07, 6.45) is 3.75. The van der Waals surface area contributed by atoms with E-state index in [1.165, 1.54) is 28.2 Å². The lowest BCUT2D eigenvalue weighted by molar-refractivity contribution is 0.0735. The molecule has 0 aliphatic carbocycles. The first-order valence-corrected chi connectivity index (χ1v) is 9.41. The summed E-state index contributed by atoms with van der Waals surface area (Å²) in [4.78, 5) is 20.5. The summed E-state index contributed by atoms with van der Waals surface area (Å²) in [6, 6.07) is 8.69. The Bertz CT molecular complexity index is 942. The highest BCUT2D eigenvalue weighted by Gasteiger charge is 2.31. The molecule has 3 heterocycles. The van der Waals surface area contributed by atoms with Gasteiger partial charge in [-0.25, -0.2) is 4.98 Å². The number of carbonyl (C=O) groups excluding carboxylic acids is 1. The number of aryl methyl sites for hydroxylation is 3. The van der Waals surface area contributed by atoms with Crippen LogP contribution >= 0.6 is 11.5 Å². The molecule has 1 fully saturated rings. The number of hydrogen-bond acceptors (Lipinski definition) is 4. The van der Waals surface area contributed by atoms with E-state index in [1.54, 1.807) is 6.20 Å². The quantitative estimate of drug-likeness (QED) is 0.678. The lowest BCUT2D eigenvalue weighted by Crippen LogP contribution is -2.30. The number of aromatic nitrogens is 2. The van der Waals surface area contributed by atoms with Gasteiger partial charge in [0.05, 0.1) is 17.3 Å². The van der Waals surface area contributed by atoms with Crippen molar-refractivity contribution >= 4 is 27.7 Å². The van der Waals surface area contributed by atoms with Crippen LogP contribution in [0.4, 0.5) is 0 Å². The zero-order chi connectivity index (χ0) is 17.6. The smallest absolute Gasteiger partial charge is 0.255 e. The Hall–Kier alpha value is -2.27. The molecule has 0 bridgehead atoms. The number of amides is 1. The van der Waals surface area contributed by atoms with Crippen LogP contribution in [0.15, 0.2) is 30.5 Å². The fourth-order valence-electron chi connectivity index (χ4n) is 3.79. The number of pyridine rings is 1. The van der Waals surface area contributed by atoms with Gasteiger partial charge in [-0.2, -0.15) is 4.37 Å². The summed E-state index contributed by atoms with van der Waals surface area (Å²) in [5.41, 5.74) is 5.34. The van der Waals surface area contributed by atoms with Gasteiger partial charge in [-0.15, -0.1) is 0 Å². The summed E-state index contributed by atoms with van der Waals surface area (Å²) in [6.45, 7) is 6.99. The van der Waals surface area contributed by atoms with E-state index in [-0.39, 0.29) is 11.9 Å². The van der Waals surface area contributed by atoms with Crippen molar-refractivity contribution < 1.29 is 4.79 Å². The Morgan fingerprint density at radius 1 is 1.16 bits per heavy atom. The maximum atomic E-state index is 13.1. The molecule has 0 saturated carbocycles. The SMILES string of the molecule is Cc1cc(C)cc(C2CCCN2C(=O)c2cnc3snc(C)c3c2)c1. The van der Waals surface area contributed by atoms with Gasteiger partial charge in [0.15, 0.2) is 0 Å². The summed E-state index contributed by atoms with van der Waals surface area (Å²) in [5.74, 6) is 0.0710. The summed E-state index contributed by atoms with van der Waals surface area (Å²) < 4.78 is 4.33. The zero-order valence-electron chi connectivity index (χ0n) is 14.7. The second-order valence-electron chi connectivity index (χ2n) is 6.92. The van der Waals surface area contributed by atoms with Crippen molar-refractivity contribution in [3.05, 3.63) is 58.4 Å². The van der Waals surface area contributed by atoms with Crippen LogP contribution in [0.25, 0.3) is 10.2 Å². The Morgan fingerprint density at radius 2 is 1.92 bits per heavy atom. The third-order valence-electron chi connectivity index (χ3n) is 4.90. The predicted octanol–water partition coefficient (Wildman–Crippen LogP) is 4.59.